The molecule has 0 bridgehead atoms. The predicted molar refractivity (Wildman–Crippen MR) is 88.6 cm³/mol. The Balaban J connectivity index is 1.48. The van der Waals surface area contributed by atoms with Gasteiger partial charge in [0.05, 0.1) is 6.54 Å². The summed E-state index contributed by atoms with van der Waals surface area (Å²) in [5.41, 5.74) is 0.872. The molecule has 6 nitrogen and oxygen atoms in total. The third-order valence-electron chi connectivity index (χ3n) is 3.72. The first-order chi connectivity index (χ1) is 11.3. The van der Waals surface area contributed by atoms with Crippen molar-refractivity contribution in [1.29, 1.82) is 0 Å². The molecule has 1 aliphatic rings. The van der Waals surface area contributed by atoms with Crippen LogP contribution in [-0.2, 0) is 16.6 Å². The zero-order chi connectivity index (χ0) is 17.3. The third-order valence-corrected chi connectivity index (χ3v) is 6.25. The van der Waals surface area contributed by atoms with E-state index in [-0.39, 0.29) is 34.6 Å². The molecule has 0 saturated heterocycles. The fraction of sp³-hybridized carbons (Fsp3) is 0.267. The summed E-state index contributed by atoms with van der Waals surface area (Å²) in [4.78, 5) is 12.6. The number of rotatable bonds is 5. The Labute approximate surface area is 142 Å². The first kappa shape index (κ1) is 16.9. The lowest BCUT2D eigenvalue weighted by atomic mass is 10.1. The molecule has 3 rings (SSSR count). The number of hydrogen-bond acceptors (Lipinski definition) is 4. The van der Waals surface area contributed by atoms with Gasteiger partial charge in [0.2, 0.25) is 10.0 Å². The Kier molecular flexibility index (Phi) is 4.57. The van der Waals surface area contributed by atoms with E-state index in [2.05, 4.69) is 10.6 Å². The van der Waals surface area contributed by atoms with E-state index in [1.807, 2.05) is 6.07 Å². The molecule has 4 N–H and O–H groups in total. The lowest BCUT2D eigenvalue weighted by Crippen LogP contribution is -2.36. The molecule has 1 aromatic heterocycles. The van der Waals surface area contributed by atoms with Crippen LogP contribution in [0.15, 0.2) is 40.6 Å². The van der Waals surface area contributed by atoms with E-state index in [0.717, 1.165) is 23.3 Å². The van der Waals surface area contributed by atoms with Gasteiger partial charge in [-0.15, -0.1) is 11.3 Å². The fourth-order valence-electron chi connectivity index (χ4n) is 2.45. The average Bonchev–Trinajstić information content (AvgIpc) is 3.08. The minimum absolute atomic E-state index is 0.0184. The number of hydrogen-bond donors (Lipinski definition) is 3. The van der Waals surface area contributed by atoms with Crippen LogP contribution in [0.1, 0.15) is 22.8 Å². The number of primary sulfonamides is 1. The van der Waals surface area contributed by atoms with Gasteiger partial charge in [-0.3, -0.25) is 0 Å². The van der Waals surface area contributed by atoms with Crippen molar-refractivity contribution in [3.05, 3.63) is 52.7 Å². The molecule has 1 saturated carbocycles. The van der Waals surface area contributed by atoms with E-state index in [1.165, 1.54) is 18.2 Å². The summed E-state index contributed by atoms with van der Waals surface area (Å²) in [5.74, 6) is -0.159. The van der Waals surface area contributed by atoms with Crippen LogP contribution in [0.25, 0.3) is 0 Å². The molecule has 1 fully saturated rings. The van der Waals surface area contributed by atoms with Gasteiger partial charge in [-0.25, -0.2) is 22.7 Å². The quantitative estimate of drug-likeness (QED) is 0.750. The topological polar surface area (TPSA) is 101 Å². The standard InChI is InChI=1S/C15H16FN3O3S2/c16-10-3-1-2-9(6-10)12-7-13(12)19-15(20)18-8-11-4-5-14(23-11)24(17,21)22/h1-6,12-13H,7-8H2,(H2,17,21,22)(H2,18,19,20). The summed E-state index contributed by atoms with van der Waals surface area (Å²) in [5, 5.41) is 10.5. The summed E-state index contributed by atoms with van der Waals surface area (Å²) in [6.45, 7) is 0.212. The van der Waals surface area contributed by atoms with Crippen LogP contribution in [0, 0.1) is 5.82 Å². The predicted octanol–water partition coefficient (Wildman–Crippen LogP) is 1.89. The van der Waals surface area contributed by atoms with E-state index in [9.17, 15) is 17.6 Å². The van der Waals surface area contributed by atoms with Crippen molar-refractivity contribution < 1.29 is 17.6 Å². The highest BCUT2D eigenvalue weighted by Gasteiger charge is 2.39. The van der Waals surface area contributed by atoms with Crippen LogP contribution < -0.4 is 15.8 Å². The van der Waals surface area contributed by atoms with Gasteiger partial charge in [-0.1, -0.05) is 12.1 Å². The van der Waals surface area contributed by atoms with Crippen molar-refractivity contribution in [3.63, 3.8) is 0 Å². The zero-order valence-electron chi connectivity index (χ0n) is 12.5. The number of urea groups is 1. The van der Waals surface area contributed by atoms with Crippen LogP contribution in [0.3, 0.4) is 0 Å². The van der Waals surface area contributed by atoms with Crippen molar-refractivity contribution in [2.75, 3.05) is 0 Å². The molecule has 24 heavy (non-hydrogen) atoms. The highest BCUT2D eigenvalue weighted by Crippen LogP contribution is 2.40. The molecule has 2 amide bonds. The van der Waals surface area contributed by atoms with Gasteiger partial charge in [0.25, 0.3) is 0 Å². The van der Waals surface area contributed by atoms with Gasteiger partial charge in [0.1, 0.15) is 10.0 Å². The van der Waals surface area contributed by atoms with Gasteiger partial charge in [-0.2, -0.15) is 0 Å². The Bertz CT molecular complexity index is 866. The first-order valence-corrected chi connectivity index (χ1v) is 9.60. The van der Waals surface area contributed by atoms with Crippen molar-refractivity contribution in [1.82, 2.24) is 10.6 Å². The molecule has 2 atom stereocenters. The van der Waals surface area contributed by atoms with Crippen LogP contribution in [-0.4, -0.2) is 20.5 Å². The van der Waals surface area contributed by atoms with Crippen molar-refractivity contribution in [2.24, 2.45) is 5.14 Å². The SMILES string of the molecule is NS(=O)(=O)c1ccc(CNC(=O)NC2CC2c2cccc(F)c2)s1. The molecule has 2 aromatic rings. The number of carbonyl (C=O) groups excluding carboxylic acids is 1. The minimum Gasteiger partial charge on any atom is -0.335 e. The number of nitrogens with one attached hydrogen (secondary N) is 2. The highest BCUT2D eigenvalue weighted by atomic mass is 32.2. The molecule has 0 aliphatic heterocycles. The van der Waals surface area contributed by atoms with Crippen molar-refractivity contribution in [3.8, 4) is 0 Å². The summed E-state index contributed by atoms with van der Waals surface area (Å²) >= 11 is 1.02. The molecule has 1 aromatic carbocycles. The average molecular weight is 369 g/mol. The second-order valence-corrected chi connectivity index (χ2v) is 8.55. The summed E-state index contributed by atoms with van der Waals surface area (Å²) in [7, 11) is -3.71. The van der Waals surface area contributed by atoms with Crippen LogP contribution in [0.5, 0.6) is 0 Å². The molecule has 128 valence electrons. The van der Waals surface area contributed by atoms with Gasteiger partial charge >= 0.3 is 6.03 Å². The van der Waals surface area contributed by atoms with E-state index in [1.54, 1.807) is 12.1 Å². The number of thiophene rings is 1. The van der Waals surface area contributed by atoms with Crippen LogP contribution in [0.2, 0.25) is 0 Å². The Morgan fingerprint density at radius 1 is 1.33 bits per heavy atom. The van der Waals surface area contributed by atoms with E-state index in [0.29, 0.717) is 4.88 Å². The van der Waals surface area contributed by atoms with Crippen LogP contribution >= 0.6 is 11.3 Å². The molecular weight excluding hydrogens is 353 g/mol. The Morgan fingerprint density at radius 2 is 2.12 bits per heavy atom. The Morgan fingerprint density at radius 3 is 2.79 bits per heavy atom. The first-order valence-electron chi connectivity index (χ1n) is 7.24. The number of sulfonamides is 1. The van der Waals surface area contributed by atoms with E-state index in [4.69, 9.17) is 5.14 Å². The van der Waals surface area contributed by atoms with Crippen molar-refractivity contribution in [2.45, 2.75) is 29.1 Å². The maximum atomic E-state index is 13.2. The molecule has 2 unspecified atom stereocenters. The van der Waals surface area contributed by atoms with Gasteiger partial charge in [-0.05, 0) is 36.2 Å². The fourth-order valence-corrected chi connectivity index (χ4v) is 4.17. The molecular formula is C15H16FN3O3S2. The molecule has 9 heteroatoms. The lowest BCUT2D eigenvalue weighted by Gasteiger charge is -2.06. The second kappa shape index (κ2) is 6.50. The van der Waals surface area contributed by atoms with Gasteiger partial charge in [0, 0.05) is 16.8 Å². The number of nitrogens with two attached hydrogens (primary N) is 1. The number of amides is 2. The van der Waals surface area contributed by atoms with Gasteiger partial charge in [0.15, 0.2) is 0 Å². The highest BCUT2D eigenvalue weighted by molar-refractivity contribution is 7.91. The lowest BCUT2D eigenvalue weighted by molar-refractivity contribution is 0.240. The number of benzene rings is 1. The number of halogens is 1. The summed E-state index contributed by atoms with van der Waals surface area (Å²) in [6, 6.07) is 9.02. The largest absolute Gasteiger partial charge is 0.335 e. The normalized spacial score (nSPS) is 19.8. The van der Waals surface area contributed by atoms with E-state index < -0.39 is 10.0 Å². The van der Waals surface area contributed by atoms with Crippen molar-refractivity contribution >= 4 is 27.4 Å². The second-order valence-electron chi connectivity index (χ2n) is 5.60. The molecule has 0 radical (unpaired) electrons. The molecule has 1 aliphatic carbocycles. The number of carbonyl (C=O) groups is 1. The monoisotopic (exact) mass is 369 g/mol. The smallest absolute Gasteiger partial charge is 0.315 e. The summed E-state index contributed by atoms with van der Waals surface area (Å²) in [6.07, 6.45) is 0.769. The van der Waals surface area contributed by atoms with Crippen LogP contribution in [0.4, 0.5) is 9.18 Å². The Hall–Kier alpha value is -1.97. The molecule has 0 spiro atoms. The summed E-state index contributed by atoms with van der Waals surface area (Å²) < 4.78 is 35.6. The maximum absolute atomic E-state index is 13.2. The zero-order valence-corrected chi connectivity index (χ0v) is 14.2. The van der Waals surface area contributed by atoms with E-state index >= 15 is 0 Å². The molecule has 1 heterocycles. The van der Waals surface area contributed by atoms with Gasteiger partial charge < -0.3 is 10.6 Å². The minimum atomic E-state index is -3.71. The maximum Gasteiger partial charge on any atom is 0.315 e. The third kappa shape index (κ3) is 4.11.